The summed E-state index contributed by atoms with van der Waals surface area (Å²) in [5.41, 5.74) is 6.59. The van der Waals surface area contributed by atoms with Crippen molar-refractivity contribution in [2.75, 3.05) is 6.54 Å². The van der Waals surface area contributed by atoms with Crippen molar-refractivity contribution in [2.24, 2.45) is 11.7 Å². The zero-order valence-corrected chi connectivity index (χ0v) is 28.5. The molecular formula is C33H44N6O11S. The van der Waals surface area contributed by atoms with Crippen molar-refractivity contribution in [1.82, 2.24) is 20.4 Å². The van der Waals surface area contributed by atoms with E-state index in [4.69, 9.17) is 15.7 Å². The van der Waals surface area contributed by atoms with Crippen molar-refractivity contribution >= 4 is 34.1 Å². The first kappa shape index (κ1) is 37.8. The van der Waals surface area contributed by atoms with Gasteiger partial charge in [-0.1, -0.05) is 24.3 Å². The first-order valence-corrected chi connectivity index (χ1v) is 18.1. The van der Waals surface area contributed by atoms with Gasteiger partial charge in [-0.3, -0.25) is 24.3 Å². The van der Waals surface area contributed by atoms with Gasteiger partial charge in [0.1, 0.15) is 35.9 Å². The molecule has 3 fully saturated rings. The molecule has 1 saturated carbocycles. The molecule has 10 N–H and O–H groups in total. The number of aromatic hydroxyl groups is 1. The Morgan fingerprint density at radius 1 is 0.980 bits per heavy atom. The van der Waals surface area contributed by atoms with Gasteiger partial charge in [0.25, 0.3) is 0 Å². The topological polar surface area (TPSA) is 276 Å². The Morgan fingerprint density at radius 2 is 1.63 bits per heavy atom. The van der Waals surface area contributed by atoms with Crippen molar-refractivity contribution in [3.05, 3.63) is 59.7 Å². The van der Waals surface area contributed by atoms with Crippen LogP contribution in [0, 0.1) is 11.3 Å². The predicted octanol–water partition coefficient (Wildman–Crippen LogP) is -0.872. The van der Waals surface area contributed by atoms with Crippen LogP contribution in [-0.2, 0) is 37.6 Å². The zero-order valence-electron chi connectivity index (χ0n) is 27.7. The van der Waals surface area contributed by atoms with Crippen LogP contribution in [-0.4, -0.2) is 116 Å². The molecule has 1 aliphatic carbocycles. The fourth-order valence-electron chi connectivity index (χ4n) is 7.29. The molecule has 0 bridgehead atoms. The number of nitrogens with one attached hydrogen (secondary N) is 3. The van der Waals surface area contributed by atoms with E-state index in [0.29, 0.717) is 43.4 Å². The fraction of sp³-hybridized carbons (Fsp3) is 0.515. The third-order valence-corrected chi connectivity index (χ3v) is 10.2. The van der Waals surface area contributed by atoms with Crippen molar-refractivity contribution in [3.8, 4) is 11.5 Å². The quantitative estimate of drug-likeness (QED) is 0.0773. The second kappa shape index (κ2) is 15.8. The molecule has 3 amide bonds. The third-order valence-electron chi connectivity index (χ3n) is 9.78. The number of guanidine groups is 1. The minimum atomic E-state index is -4.75. The summed E-state index contributed by atoms with van der Waals surface area (Å²) >= 11 is 0. The lowest BCUT2D eigenvalue weighted by molar-refractivity contribution is -0.146. The van der Waals surface area contributed by atoms with Gasteiger partial charge in [-0.15, -0.1) is 0 Å². The van der Waals surface area contributed by atoms with Crippen LogP contribution in [0.3, 0.4) is 0 Å². The van der Waals surface area contributed by atoms with Crippen LogP contribution in [0.2, 0.25) is 0 Å². The van der Waals surface area contributed by atoms with Crippen molar-refractivity contribution < 1.29 is 52.0 Å². The highest BCUT2D eigenvalue weighted by Gasteiger charge is 2.51. The molecule has 3 aliphatic rings. The number of aliphatic hydroxyl groups is 3. The number of carbonyl (C=O) groups is 3. The van der Waals surface area contributed by atoms with Gasteiger partial charge < -0.3 is 50.8 Å². The van der Waals surface area contributed by atoms with Crippen LogP contribution in [0.25, 0.3) is 0 Å². The van der Waals surface area contributed by atoms with Gasteiger partial charge in [-0.05, 0) is 79.8 Å². The molecule has 0 aromatic heterocycles. The van der Waals surface area contributed by atoms with Crippen LogP contribution >= 0.6 is 0 Å². The highest BCUT2D eigenvalue weighted by molar-refractivity contribution is 7.81. The lowest BCUT2D eigenvalue weighted by atomic mass is 9.83. The molecule has 2 heterocycles. The number of benzene rings is 2. The monoisotopic (exact) mass is 732 g/mol. The maximum absolute atomic E-state index is 14.6. The largest absolute Gasteiger partial charge is 0.508 e. The number of nitrogens with two attached hydrogens (primary N) is 1. The number of amides is 3. The molecule has 2 aromatic carbocycles. The van der Waals surface area contributed by atoms with Gasteiger partial charge in [0.2, 0.25) is 17.7 Å². The molecule has 0 radical (unpaired) electrons. The van der Waals surface area contributed by atoms with E-state index in [9.17, 15) is 43.2 Å². The molecule has 51 heavy (non-hydrogen) atoms. The Hall–Kier alpha value is -4.49. The van der Waals surface area contributed by atoms with Crippen LogP contribution in [0.15, 0.2) is 48.5 Å². The summed E-state index contributed by atoms with van der Waals surface area (Å²) in [7, 11) is -4.75. The standard InChI is InChI=1S/C33H44N6O11S/c34-33(35)38-13-1-2-24(31(38)45)36-29(43)27-16-20-7-10-22(41)17-26(20)39(27)32(46)25(14-18-3-8-21(40)9-4-18)37-30(44)28(42)15-19-5-11-23(12-6-19)50-51(47,48)49/h3-6,8-9,11-12,20,22,24-28,31,40-42,45H,1-2,7,10,13-17H2,(H3,34,35)(H,36,43)(H,37,44)(H,47,48,49)/t20-,22+,24?,25+,26-,27+,28+,31?/m0/s1. The molecule has 18 heteroatoms. The first-order chi connectivity index (χ1) is 24.1. The first-order valence-electron chi connectivity index (χ1n) is 16.7. The van der Waals surface area contributed by atoms with E-state index in [-0.39, 0.29) is 49.1 Å². The summed E-state index contributed by atoms with van der Waals surface area (Å²) in [4.78, 5) is 44.6. The summed E-state index contributed by atoms with van der Waals surface area (Å²) < 4.78 is 35.2. The van der Waals surface area contributed by atoms with E-state index in [0.717, 1.165) is 0 Å². The number of piperidine rings is 1. The molecule has 2 aliphatic heterocycles. The number of likely N-dealkylation sites (tertiary alicyclic amines) is 2. The van der Waals surface area contributed by atoms with Gasteiger partial charge in [0.05, 0.1) is 12.1 Å². The van der Waals surface area contributed by atoms with Crippen LogP contribution in [0.1, 0.15) is 49.7 Å². The number of phenols is 1. The van der Waals surface area contributed by atoms with Gasteiger partial charge in [-0.25, -0.2) is 0 Å². The lowest BCUT2D eigenvalue weighted by Crippen LogP contribution is -2.62. The number of phenolic OH excluding ortho intramolecular Hbond substituents is 1. The Balaban J connectivity index is 1.38. The van der Waals surface area contributed by atoms with E-state index >= 15 is 0 Å². The second-order valence-corrected chi connectivity index (χ2v) is 14.4. The number of hydrogen-bond donors (Lipinski definition) is 9. The van der Waals surface area contributed by atoms with Crippen LogP contribution in [0.5, 0.6) is 11.5 Å². The number of carbonyl (C=O) groups excluding carboxylic acids is 3. The van der Waals surface area contributed by atoms with Crippen molar-refractivity contribution in [3.63, 3.8) is 0 Å². The molecule has 8 atom stereocenters. The number of hydrogen-bond acceptors (Lipinski definition) is 11. The Kier molecular flexibility index (Phi) is 11.7. The average molecular weight is 733 g/mol. The highest BCUT2D eigenvalue weighted by Crippen LogP contribution is 2.40. The zero-order chi connectivity index (χ0) is 37.0. The second-order valence-electron chi connectivity index (χ2n) is 13.3. The van der Waals surface area contributed by atoms with Gasteiger partial charge in [0.15, 0.2) is 5.96 Å². The molecule has 17 nitrogen and oxygen atoms in total. The smallest absolute Gasteiger partial charge is 0.446 e. The fourth-order valence-corrected chi connectivity index (χ4v) is 7.64. The molecular weight excluding hydrogens is 688 g/mol. The van der Waals surface area contributed by atoms with E-state index < -0.39 is 70.7 Å². The molecule has 0 spiro atoms. The Bertz CT molecular complexity index is 1690. The Morgan fingerprint density at radius 3 is 2.27 bits per heavy atom. The van der Waals surface area contributed by atoms with E-state index in [2.05, 4.69) is 14.8 Å². The lowest BCUT2D eigenvalue weighted by Gasteiger charge is -2.40. The van der Waals surface area contributed by atoms with E-state index in [1.807, 2.05) is 0 Å². The third kappa shape index (κ3) is 9.44. The maximum atomic E-state index is 14.6. The summed E-state index contributed by atoms with van der Waals surface area (Å²) in [5.74, 6) is -2.72. The van der Waals surface area contributed by atoms with Crippen LogP contribution < -0.4 is 20.6 Å². The molecule has 5 rings (SSSR count). The summed E-state index contributed by atoms with van der Waals surface area (Å²) in [6.45, 7) is 0.344. The molecule has 2 unspecified atom stereocenters. The number of aliphatic hydroxyl groups excluding tert-OH is 3. The van der Waals surface area contributed by atoms with Gasteiger partial charge >= 0.3 is 10.4 Å². The SMILES string of the molecule is N=C(N)N1CCCC(NC(=O)[C@H]2C[C@@H]3CC[C@@H](O)C[C@@H]3N2C(=O)[C@@H](Cc2ccc(O)cc2)NC(=O)[C@H](O)Cc2ccc(OS(=O)(=O)O)cc2)C1O. The summed E-state index contributed by atoms with van der Waals surface area (Å²) in [6.07, 6.45) is -1.40. The average Bonchev–Trinajstić information content (AvgIpc) is 3.44. The molecule has 278 valence electrons. The van der Waals surface area contributed by atoms with Crippen LogP contribution in [0.4, 0.5) is 0 Å². The minimum absolute atomic E-state index is 0.0161. The molecule has 2 aromatic rings. The Labute approximate surface area is 294 Å². The number of fused-ring (bicyclic) bond motifs is 1. The van der Waals surface area contributed by atoms with Gasteiger partial charge in [0, 0.05) is 25.4 Å². The maximum Gasteiger partial charge on any atom is 0.446 e. The minimum Gasteiger partial charge on any atom is -0.508 e. The normalized spacial score (nSPS) is 26.0. The highest BCUT2D eigenvalue weighted by atomic mass is 32.3. The molecule has 2 saturated heterocycles. The van der Waals surface area contributed by atoms with E-state index in [1.54, 1.807) is 12.1 Å². The number of nitrogens with zero attached hydrogens (tertiary/aromatic N) is 2. The summed E-state index contributed by atoms with van der Waals surface area (Å²) in [5, 5.41) is 55.4. The number of rotatable bonds is 11. The predicted molar refractivity (Wildman–Crippen MR) is 180 cm³/mol. The van der Waals surface area contributed by atoms with E-state index in [1.165, 1.54) is 46.2 Å². The van der Waals surface area contributed by atoms with Crippen molar-refractivity contribution in [2.45, 2.75) is 94.0 Å². The van der Waals surface area contributed by atoms with Gasteiger partial charge in [-0.2, -0.15) is 8.42 Å². The summed E-state index contributed by atoms with van der Waals surface area (Å²) in [6, 6.07) is 7.60. The van der Waals surface area contributed by atoms with Crippen molar-refractivity contribution in [1.29, 1.82) is 5.41 Å².